The van der Waals surface area contributed by atoms with Gasteiger partial charge >= 0.3 is 0 Å². The molecule has 20 heavy (non-hydrogen) atoms. The summed E-state index contributed by atoms with van der Waals surface area (Å²) in [5.74, 6) is 0.916. The van der Waals surface area contributed by atoms with Gasteiger partial charge in [0.25, 0.3) is 0 Å². The number of ketones is 1. The van der Waals surface area contributed by atoms with Crippen LogP contribution >= 0.6 is 0 Å². The number of methoxy groups -OCH3 is 1. The highest BCUT2D eigenvalue weighted by molar-refractivity contribution is 5.94. The van der Waals surface area contributed by atoms with Crippen LogP contribution in [0.1, 0.15) is 36.7 Å². The Morgan fingerprint density at radius 3 is 2.55 bits per heavy atom. The molecule has 0 spiro atoms. The van der Waals surface area contributed by atoms with Gasteiger partial charge in [0.15, 0.2) is 5.78 Å². The molecule has 110 valence electrons. The lowest BCUT2D eigenvalue weighted by molar-refractivity contribution is -0.0706. The van der Waals surface area contributed by atoms with Gasteiger partial charge in [0.05, 0.1) is 19.3 Å². The number of nitrogens with zero attached hydrogens (tertiary/aromatic N) is 1. The van der Waals surface area contributed by atoms with Crippen molar-refractivity contribution in [2.45, 2.75) is 39.5 Å². The first-order valence-electron chi connectivity index (χ1n) is 7.05. The van der Waals surface area contributed by atoms with Gasteiger partial charge in [-0.2, -0.15) is 0 Å². The Balaban J connectivity index is 2.18. The van der Waals surface area contributed by atoms with Gasteiger partial charge in [-0.1, -0.05) is 0 Å². The van der Waals surface area contributed by atoms with Crippen molar-refractivity contribution in [3.8, 4) is 5.75 Å². The first-order chi connectivity index (χ1) is 9.49. The van der Waals surface area contributed by atoms with Crippen LogP contribution in [-0.4, -0.2) is 43.1 Å². The molecular weight excluding hydrogens is 254 g/mol. The third kappa shape index (κ3) is 3.58. The lowest BCUT2D eigenvalue weighted by atomic mass is 10.1. The normalized spacial score (nSPS) is 23.6. The maximum atomic E-state index is 11.5. The van der Waals surface area contributed by atoms with E-state index < -0.39 is 0 Å². The number of ether oxygens (including phenoxy) is 2. The van der Waals surface area contributed by atoms with E-state index in [9.17, 15) is 4.79 Å². The molecule has 1 aromatic carbocycles. The van der Waals surface area contributed by atoms with Crippen molar-refractivity contribution in [3.05, 3.63) is 29.3 Å². The van der Waals surface area contributed by atoms with Crippen molar-refractivity contribution in [1.82, 2.24) is 4.90 Å². The molecule has 4 heteroatoms. The van der Waals surface area contributed by atoms with Gasteiger partial charge in [-0.3, -0.25) is 9.69 Å². The van der Waals surface area contributed by atoms with Gasteiger partial charge in [-0.25, -0.2) is 0 Å². The SMILES string of the molecule is COc1ccc(C(C)=O)cc1CN1CC(C)OC(C)C1. The number of benzene rings is 1. The average Bonchev–Trinajstić information content (AvgIpc) is 2.37. The van der Waals surface area contributed by atoms with Gasteiger partial charge in [0.2, 0.25) is 0 Å². The first kappa shape index (κ1) is 15.0. The highest BCUT2D eigenvalue weighted by Crippen LogP contribution is 2.23. The monoisotopic (exact) mass is 277 g/mol. The molecule has 0 saturated carbocycles. The predicted molar refractivity (Wildman–Crippen MR) is 78.3 cm³/mol. The number of carbonyl (C=O) groups is 1. The van der Waals surface area contributed by atoms with Gasteiger partial charge < -0.3 is 9.47 Å². The van der Waals surface area contributed by atoms with Crippen LogP contribution in [0.15, 0.2) is 18.2 Å². The van der Waals surface area contributed by atoms with E-state index in [4.69, 9.17) is 9.47 Å². The number of morpholine rings is 1. The van der Waals surface area contributed by atoms with Crippen molar-refractivity contribution in [2.75, 3.05) is 20.2 Å². The largest absolute Gasteiger partial charge is 0.496 e. The maximum Gasteiger partial charge on any atom is 0.159 e. The van der Waals surface area contributed by atoms with E-state index in [2.05, 4.69) is 18.7 Å². The van der Waals surface area contributed by atoms with Crippen molar-refractivity contribution >= 4 is 5.78 Å². The molecule has 2 atom stereocenters. The molecule has 1 heterocycles. The van der Waals surface area contributed by atoms with E-state index in [0.29, 0.717) is 0 Å². The van der Waals surface area contributed by atoms with Crippen LogP contribution in [0.4, 0.5) is 0 Å². The van der Waals surface area contributed by atoms with Crippen LogP contribution in [0.2, 0.25) is 0 Å². The summed E-state index contributed by atoms with van der Waals surface area (Å²) in [6.07, 6.45) is 0.474. The van der Waals surface area contributed by atoms with Crippen LogP contribution in [0, 0.1) is 0 Å². The Bertz CT molecular complexity index is 477. The molecule has 1 aliphatic rings. The average molecular weight is 277 g/mol. The summed E-state index contributed by atoms with van der Waals surface area (Å²) in [4.78, 5) is 13.9. The molecule has 0 aliphatic carbocycles. The van der Waals surface area contributed by atoms with Gasteiger partial charge in [-0.15, -0.1) is 0 Å². The van der Waals surface area contributed by atoms with Crippen LogP contribution < -0.4 is 4.74 Å². The summed E-state index contributed by atoms with van der Waals surface area (Å²) in [6.45, 7) is 8.35. The minimum Gasteiger partial charge on any atom is -0.496 e. The lowest BCUT2D eigenvalue weighted by Gasteiger charge is -2.35. The van der Waals surface area contributed by atoms with E-state index in [0.717, 1.165) is 36.5 Å². The Labute approximate surface area is 120 Å². The van der Waals surface area contributed by atoms with E-state index in [-0.39, 0.29) is 18.0 Å². The highest BCUT2D eigenvalue weighted by Gasteiger charge is 2.23. The summed E-state index contributed by atoms with van der Waals surface area (Å²) in [5.41, 5.74) is 1.79. The van der Waals surface area contributed by atoms with Crippen molar-refractivity contribution in [1.29, 1.82) is 0 Å². The first-order valence-corrected chi connectivity index (χ1v) is 7.05. The number of rotatable bonds is 4. The molecule has 2 unspecified atom stereocenters. The third-order valence-corrected chi connectivity index (χ3v) is 3.58. The van der Waals surface area contributed by atoms with E-state index >= 15 is 0 Å². The second-order valence-corrected chi connectivity index (χ2v) is 5.53. The summed E-state index contributed by atoms with van der Waals surface area (Å²) in [7, 11) is 1.66. The molecule has 0 N–H and O–H groups in total. The molecule has 0 radical (unpaired) electrons. The van der Waals surface area contributed by atoms with Crippen LogP contribution in [-0.2, 0) is 11.3 Å². The molecule has 1 aromatic rings. The number of hydrogen-bond acceptors (Lipinski definition) is 4. The summed E-state index contributed by atoms with van der Waals surface area (Å²) in [6, 6.07) is 5.63. The number of Topliss-reactive ketones (excluding diaryl/α,β-unsaturated/α-hetero) is 1. The van der Waals surface area contributed by atoms with Crippen LogP contribution in [0.25, 0.3) is 0 Å². The molecule has 0 aromatic heterocycles. The Morgan fingerprint density at radius 1 is 1.35 bits per heavy atom. The van der Waals surface area contributed by atoms with Crippen LogP contribution in [0.5, 0.6) is 5.75 Å². The zero-order chi connectivity index (χ0) is 14.7. The predicted octanol–water partition coefficient (Wildman–Crippen LogP) is 2.51. The molecule has 4 nitrogen and oxygen atoms in total. The Morgan fingerprint density at radius 2 is 2.00 bits per heavy atom. The topological polar surface area (TPSA) is 38.8 Å². The summed E-state index contributed by atoms with van der Waals surface area (Å²) < 4.78 is 11.2. The highest BCUT2D eigenvalue weighted by atomic mass is 16.5. The van der Waals surface area contributed by atoms with Crippen molar-refractivity contribution in [2.24, 2.45) is 0 Å². The third-order valence-electron chi connectivity index (χ3n) is 3.58. The second-order valence-electron chi connectivity index (χ2n) is 5.53. The fourth-order valence-corrected chi connectivity index (χ4v) is 2.78. The van der Waals surface area contributed by atoms with Crippen molar-refractivity contribution < 1.29 is 14.3 Å². The number of carbonyl (C=O) groups excluding carboxylic acids is 1. The fraction of sp³-hybridized carbons (Fsp3) is 0.562. The lowest BCUT2D eigenvalue weighted by Crippen LogP contribution is -2.44. The zero-order valence-electron chi connectivity index (χ0n) is 12.7. The van der Waals surface area contributed by atoms with Crippen LogP contribution in [0.3, 0.4) is 0 Å². The Hall–Kier alpha value is -1.39. The van der Waals surface area contributed by atoms with E-state index in [1.807, 2.05) is 18.2 Å². The van der Waals surface area contributed by atoms with Crippen molar-refractivity contribution in [3.63, 3.8) is 0 Å². The van der Waals surface area contributed by atoms with Gasteiger partial charge in [-0.05, 0) is 39.0 Å². The molecule has 1 saturated heterocycles. The van der Waals surface area contributed by atoms with Gasteiger partial charge in [0.1, 0.15) is 5.75 Å². The molecule has 1 fully saturated rings. The maximum absolute atomic E-state index is 11.5. The molecule has 2 rings (SSSR count). The standard InChI is InChI=1S/C16H23NO3/c1-11-8-17(9-12(2)20-11)10-15-7-14(13(3)18)5-6-16(15)19-4/h5-7,11-12H,8-10H2,1-4H3. The minimum atomic E-state index is 0.0811. The quantitative estimate of drug-likeness (QED) is 0.793. The molecule has 0 amide bonds. The van der Waals surface area contributed by atoms with Gasteiger partial charge in [0, 0.05) is 30.8 Å². The zero-order valence-corrected chi connectivity index (χ0v) is 12.7. The molecule has 0 bridgehead atoms. The minimum absolute atomic E-state index is 0.0811. The molecule has 1 aliphatic heterocycles. The fourth-order valence-electron chi connectivity index (χ4n) is 2.78. The molecular formula is C16H23NO3. The summed E-state index contributed by atoms with van der Waals surface area (Å²) >= 11 is 0. The summed E-state index contributed by atoms with van der Waals surface area (Å²) in [5, 5.41) is 0. The number of hydrogen-bond donors (Lipinski definition) is 0. The smallest absolute Gasteiger partial charge is 0.159 e. The second kappa shape index (κ2) is 6.37. The van der Waals surface area contributed by atoms with E-state index in [1.165, 1.54) is 0 Å². The Kier molecular flexibility index (Phi) is 4.78. The van der Waals surface area contributed by atoms with E-state index in [1.54, 1.807) is 14.0 Å².